The van der Waals surface area contributed by atoms with Gasteiger partial charge in [-0.3, -0.25) is 9.59 Å². The average molecular weight is 213 g/mol. The van der Waals surface area contributed by atoms with E-state index in [1.807, 2.05) is 13.8 Å². The van der Waals surface area contributed by atoms with E-state index < -0.39 is 11.5 Å². The molecule has 1 aliphatic carbocycles. The zero-order valence-corrected chi connectivity index (χ0v) is 9.54. The van der Waals surface area contributed by atoms with Crippen molar-refractivity contribution in [1.82, 2.24) is 5.32 Å². The molecule has 3 atom stereocenters. The van der Waals surface area contributed by atoms with E-state index in [4.69, 9.17) is 5.11 Å². The second kappa shape index (κ2) is 4.21. The minimum Gasteiger partial charge on any atom is -0.481 e. The van der Waals surface area contributed by atoms with Crippen LogP contribution in [0, 0.1) is 11.8 Å². The van der Waals surface area contributed by atoms with Gasteiger partial charge < -0.3 is 10.4 Å². The first kappa shape index (κ1) is 12.0. The molecule has 0 radical (unpaired) electrons. The van der Waals surface area contributed by atoms with Crippen molar-refractivity contribution in [2.45, 2.75) is 45.6 Å². The van der Waals surface area contributed by atoms with E-state index in [9.17, 15) is 9.59 Å². The Morgan fingerprint density at radius 2 is 2.07 bits per heavy atom. The molecule has 1 rings (SSSR count). The molecule has 4 heteroatoms. The van der Waals surface area contributed by atoms with Crippen molar-refractivity contribution in [1.29, 1.82) is 0 Å². The Labute approximate surface area is 90.0 Å². The highest BCUT2D eigenvalue weighted by Crippen LogP contribution is 2.38. The van der Waals surface area contributed by atoms with Crippen LogP contribution in [0.3, 0.4) is 0 Å². The third-order valence-corrected chi connectivity index (χ3v) is 3.19. The molecular weight excluding hydrogens is 194 g/mol. The zero-order chi connectivity index (χ0) is 11.6. The van der Waals surface area contributed by atoms with Gasteiger partial charge in [0.1, 0.15) is 0 Å². The van der Waals surface area contributed by atoms with Crippen molar-refractivity contribution in [2.24, 2.45) is 11.8 Å². The SMILES string of the molecule is CC[C@](C)(CC(=O)O)NC(=O)[C@H]1C[C@@H]1C. The van der Waals surface area contributed by atoms with Crippen molar-refractivity contribution in [3.8, 4) is 0 Å². The summed E-state index contributed by atoms with van der Waals surface area (Å²) >= 11 is 0. The molecule has 0 aromatic heterocycles. The molecule has 1 fully saturated rings. The molecule has 0 unspecified atom stereocenters. The Hall–Kier alpha value is -1.06. The summed E-state index contributed by atoms with van der Waals surface area (Å²) in [5.41, 5.74) is -0.606. The summed E-state index contributed by atoms with van der Waals surface area (Å²) < 4.78 is 0. The molecule has 4 nitrogen and oxygen atoms in total. The Balaban J connectivity index is 2.51. The molecule has 0 heterocycles. The smallest absolute Gasteiger partial charge is 0.305 e. The molecule has 0 bridgehead atoms. The lowest BCUT2D eigenvalue weighted by Gasteiger charge is -2.28. The maximum absolute atomic E-state index is 11.7. The Bertz CT molecular complexity index is 277. The standard InChI is InChI=1S/C11H19NO3/c1-4-11(3,6-9(13)14)12-10(15)8-5-7(8)2/h7-8H,4-6H2,1-3H3,(H,12,15)(H,13,14)/t7-,8-,11+/m0/s1. The molecule has 0 saturated heterocycles. The summed E-state index contributed by atoms with van der Waals surface area (Å²) in [4.78, 5) is 22.3. The lowest BCUT2D eigenvalue weighted by Crippen LogP contribution is -2.47. The van der Waals surface area contributed by atoms with Crippen LogP contribution in [-0.4, -0.2) is 22.5 Å². The summed E-state index contributed by atoms with van der Waals surface area (Å²) in [5, 5.41) is 11.6. The van der Waals surface area contributed by atoms with Crippen LogP contribution < -0.4 is 5.32 Å². The monoisotopic (exact) mass is 213 g/mol. The third kappa shape index (κ3) is 3.22. The lowest BCUT2D eigenvalue weighted by atomic mass is 9.94. The van der Waals surface area contributed by atoms with Gasteiger partial charge in [0.25, 0.3) is 0 Å². The number of carbonyl (C=O) groups is 2. The van der Waals surface area contributed by atoms with E-state index >= 15 is 0 Å². The number of hydrogen-bond acceptors (Lipinski definition) is 2. The van der Waals surface area contributed by atoms with Crippen LogP contribution in [-0.2, 0) is 9.59 Å². The molecule has 15 heavy (non-hydrogen) atoms. The maximum Gasteiger partial charge on any atom is 0.305 e. The minimum absolute atomic E-state index is 0.00750. The zero-order valence-electron chi connectivity index (χ0n) is 9.54. The van der Waals surface area contributed by atoms with E-state index in [0.29, 0.717) is 12.3 Å². The largest absolute Gasteiger partial charge is 0.481 e. The van der Waals surface area contributed by atoms with E-state index in [-0.39, 0.29) is 18.2 Å². The number of nitrogens with one attached hydrogen (secondary N) is 1. The summed E-state index contributed by atoms with van der Waals surface area (Å²) in [5.74, 6) is -0.308. The maximum atomic E-state index is 11.7. The van der Waals surface area contributed by atoms with Crippen LogP contribution in [0.2, 0.25) is 0 Å². The minimum atomic E-state index is -0.872. The number of carbonyl (C=O) groups excluding carboxylic acids is 1. The van der Waals surface area contributed by atoms with E-state index in [1.54, 1.807) is 6.92 Å². The molecule has 1 saturated carbocycles. The predicted molar refractivity (Wildman–Crippen MR) is 56.4 cm³/mol. The van der Waals surface area contributed by atoms with Gasteiger partial charge in [0, 0.05) is 11.5 Å². The van der Waals surface area contributed by atoms with Crippen molar-refractivity contribution in [3.63, 3.8) is 0 Å². The molecule has 1 amide bonds. The number of carboxylic acids is 1. The number of carboxylic acid groups (broad SMARTS) is 1. The van der Waals surface area contributed by atoms with Gasteiger partial charge in [0.15, 0.2) is 0 Å². The molecule has 86 valence electrons. The van der Waals surface area contributed by atoms with Crippen molar-refractivity contribution in [3.05, 3.63) is 0 Å². The number of amides is 1. The van der Waals surface area contributed by atoms with Crippen molar-refractivity contribution in [2.75, 3.05) is 0 Å². The van der Waals surface area contributed by atoms with Crippen LogP contribution in [0.5, 0.6) is 0 Å². The highest BCUT2D eigenvalue weighted by molar-refractivity contribution is 5.82. The molecule has 0 spiro atoms. The molecule has 0 aromatic rings. The van der Waals surface area contributed by atoms with Crippen LogP contribution in [0.4, 0.5) is 0 Å². The fourth-order valence-electron chi connectivity index (χ4n) is 1.67. The molecule has 0 aromatic carbocycles. The summed E-state index contributed by atoms with van der Waals surface area (Å²) in [6.45, 7) is 5.70. The van der Waals surface area contributed by atoms with Crippen molar-refractivity contribution >= 4 is 11.9 Å². The number of rotatable bonds is 5. The first-order chi connectivity index (χ1) is 6.88. The Morgan fingerprint density at radius 1 is 1.53 bits per heavy atom. The fraction of sp³-hybridized carbons (Fsp3) is 0.818. The third-order valence-electron chi connectivity index (χ3n) is 3.19. The van der Waals surface area contributed by atoms with Crippen LogP contribution in [0.25, 0.3) is 0 Å². The van der Waals surface area contributed by atoms with E-state index in [2.05, 4.69) is 5.32 Å². The lowest BCUT2D eigenvalue weighted by molar-refractivity contribution is -0.139. The van der Waals surface area contributed by atoms with Crippen molar-refractivity contribution < 1.29 is 14.7 Å². The topological polar surface area (TPSA) is 66.4 Å². The normalized spacial score (nSPS) is 27.9. The summed E-state index contributed by atoms with van der Waals surface area (Å²) in [6, 6.07) is 0. The van der Waals surface area contributed by atoms with Gasteiger partial charge in [-0.05, 0) is 25.7 Å². The van der Waals surface area contributed by atoms with Gasteiger partial charge in [-0.25, -0.2) is 0 Å². The predicted octanol–water partition coefficient (Wildman–Crippen LogP) is 1.40. The molecule has 1 aliphatic rings. The highest BCUT2D eigenvalue weighted by Gasteiger charge is 2.41. The highest BCUT2D eigenvalue weighted by atomic mass is 16.4. The Kier molecular flexibility index (Phi) is 3.37. The summed E-state index contributed by atoms with van der Waals surface area (Å²) in [7, 11) is 0. The van der Waals surface area contributed by atoms with Gasteiger partial charge in [-0.15, -0.1) is 0 Å². The molecule has 2 N–H and O–H groups in total. The number of hydrogen-bond donors (Lipinski definition) is 2. The van der Waals surface area contributed by atoms with E-state index in [1.165, 1.54) is 0 Å². The molecular formula is C11H19NO3. The number of aliphatic carboxylic acids is 1. The van der Waals surface area contributed by atoms with Gasteiger partial charge in [-0.1, -0.05) is 13.8 Å². The van der Waals surface area contributed by atoms with Gasteiger partial charge >= 0.3 is 5.97 Å². The van der Waals surface area contributed by atoms with Gasteiger partial charge in [0.2, 0.25) is 5.91 Å². The van der Waals surface area contributed by atoms with Crippen LogP contribution >= 0.6 is 0 Å². The second-order valence-corrected chi connectivity index (χ2v) is 4.79. The molecule has 0 aliphatic heterocycles. The van der Waals surface area contributed by atoms with Crippen LogP contribution in [0.1, 0.15) is 40.0 Å². The second-order valence-electron chi connectivity index (χ2n) is 4.79. The van der Waals surface area contributed by atoms with E-state index in [0.717, 1.165) is 6.42 Å². The summed E-state index contributed by atoms with van der Waals surface area (Å²) in [6.07, 6.45) is 1.54. The quantitative estimate of drug-likeness (QED) is 0.725. The van der Waals surface area contributed by atoms with Gasteiger partial charge in [0.05, 0.1) is 6.42 Å². The van der Waals surface area contributed by atoms with Gasteiger partial charge in [-0.2, -0.15) is 0 Å². The fourth-order valence-corrected chi connectivity index (χ4v) is 1.67. The Morgan fingerprint density at radius 3 is 2.40 bits per heavy atom. The average Bonchev–Trinajstić information content (AvgIpc) is 2.81. The first-order valence-corrected chi connectivity index (χ1v) is 5.42. The first-order valence-electron chi connectivity index (χ1n) is 5.42. The van der Waals surface area contributed by atoms with Crippen LogP contribution in [0.15, 0.2) is 0 Å².